The van der Waals surface area contributed by atoms with Gasteiger partial charge in [-0.1, -0.05) is 18.2 Å². The molecule has 3 heteroatoms. The van der Waals surface area contributed by atoms with Gasteiger partial charge in [0.15, 0.2) is 5.78 Å². The number of carbonyl (C=O) groups is 1. The molecule has 0 aromatic heterocycles. The van der Waals surface area contributed by atoms with Gasteiger partial charge >= 0.3 is 0 Å². The summed E-state index contributed by atoms with van der Waals surface area (Å²) in [4.78, 5) is 12.6. The first-order valence-corrected chi connectivity index (χ1v) is 7.40. The zero-order valence-electron chi connectivity index (χ0n) is 11.1. The van der Waals surface area contributed by atoms with Crippen molar-refractivity contribution < 1.29 is 9.18 Å². The molecule has 0 N–H and O–H groups in total. The van der Waals surface area contributed by atoms with Crippen LogP contribution in [0.1, 0.15) is 30.7 Å². The number of fused-ring (bicyclic) bond motifs is 5. The highest BCUT2D eigenvalue weighted by Crippen LogP contribution is 2.70. The van der Waals surface area contributed by atoms with E-state index >= 15 is 0 Å². The lowest BCUT2D eigenvalue weighted by Crippen LogP contribution is -2.18. The molecule has 0 spiro atoms. The average molecular weight is 269 g/mol. The van der Waals surface area contributed by atoms with Crippen molar-refractivity contribution in [3.63, 3.8) is 0 Å². The fourth-order valence-electron chi connectivity index (χ4n) is 4.89. The molecule has 2 nitrogen and oxygen atoms in total. The zero-order valence-corrected chi connectivity index (χ0v) is 11.1. The SMILES string of the molecule is N#CC(C(=O)C1C2C3CCC(C3)C12)c1ccccc1F. The topological polar surface area (TPSA) is 40.9 Å². The second kappa shape index (κ2) is 4.15. The fourth-order valence-corrected chi connectivity index (χ4v) is 4.89. The minimum absolute atomic E-state index is 0.0329. The Bertz CT molecular complexity index is 604. The molecule has 2 bridgehead atoms. The van der Waals surface area contributed by atoms with E-state index in [4.69, 9.17) is 0 Å². The van der Waals surface area contributed by atoms with Crippen LogP contribution in [0.15, 0.2) is 24.3 Å². The van der Waals surface area contributed by atoms with Gasteiger partial charge in [0.2, 0.25) is 0 Å². The van der Waals surface area contributed by atoms with Crippen molar-refractivity contribution in [3.8, 4) is 6.07 Å². The number of nitrogens with zero attached hydrogens (tertiary/aromatic N) is 1. The van der Waals surface area contributed by atoms with Crippen LogP contribution in [0.4, 0.5) is 4.39 Å². The van der Waals surface area contributed by atoms with Gasteiger partial charge in [-0.05, 0) is 49.0 Å². The van der Waals surface area contributed by atoms with Crippen LogP contribution < -0.4 is 0 Å². The van der Waals surface area contributed by atoms with E-state index in [2.05, 4.69) is 0 Å². The summed E-state index contributed by atoms with van der Waals surface area (Å²) in [7, 11) is 0. The number of halogens is 1. The fraction of sp³-hybridized carbons (Fsp3) is 0.529. The Balaban J connectivity index is 1.60. The minimum atomic E-state index is -0.925. The van der Waals surface area contributed by atoms with Gasteiger partial charge in [-0.2, -0.15) is 5.26 Å². The standard InChI is InChI=1S/C17H16FNO/c18-13-4-2-1-3-11(13)12(8-19)17(20)16-14-9-5-6-10(7-9)15(14)16/h1-4,9-10,12,14-16H,5-7H2. The molecular formula is C17H16FNO. The van der Waals surface area contributed by atoms with Crippen LogP contribution in [0.3, 0.4) is 0 Å². The lowest BCUT2D eigenvalue weighted by atomic mass is 9.89. The van der Waals surface area contributed by atoms with Crippen molar-refractivity contribution in [1.82, 2.24) is 0 Å². The van der Waals surface area contributed by atoms with Gasteiger partial charge in [0, 0.05) is 11.5 Å². The molecule has 0 saturated heterocycles. The van der Waals surface area contributed by atoms with E-state index in [0.717, 1.165) is 0 Å². The lowest BCUT2D eigenvalue weighted by molar-refractivity contribution is -0.121. The number of rotatable bonds is 3. The molecule has 3 aliphatic rings. The molecule has 102 valence electrons. The first-order chi connectivity index (χ1) is 9.72. The molecule has 1 aromatic rings. The van der Waals surface area contributed by atoms with Crippen LogP contribution in [0.25, 0.3) is 0 Å². The van der Waals surface area contributed by atoms with Crippen LogP contribution in [-0.2, 0) is 4.79 Å². The molecule has 3 aliphatic carbocycles. The predicted octanol–water partition coefficient (Wildman–Crippen LogP) is 3.29. The van der Waals surface area contributed by atoms with Gasteiger partial charge in [0.05, 0.1) is 6.07 Å². The first-order valence-electron chi connectivity index (χ1n) is 7.40. The number of benzene rings is 1. The molecule has 0 radical (unpaired) electrons. The molecule has 5 unspecified atom stereocenters. The molecule has 1 aromatic carbocycles. The Hall–Kier alpha value is -1.69. The lowest BCUT2D eigenvalue weighted by Gasteiger charge is -2.12. The van der Waals surface area contributed by atoms with Gasteiger partial charge in [0.25, 0.3) is 0 Å². The van der Waals surface area contributed by atoms with Crippen molar-refractivity contribution in [2.24, 2.45) is 29.6 Å². The molecule has 0 heterocycles. The zero-order chi connectivity index (χ0) is 13.9. The number of carbonyl (C=O) groups excluding carboxylic acids is 1. The molecule has 4 rings (SSSR count). The Labute approximate surface area is 117 Å². The van der Waals surface area contributed by atoms with Crippen molar-refractivity contribution in [2.75, 3.05) is 0 Å². The molecule has 0 amide bonds. The third kappa shape index (κ3) is 1.51. The molecule has 5 atom stereocenters. The van der Waals surface area contributed by atoms with Crippen molar-refractivity contribution in [1.29, 1.82) is 5.26 Å². The number of nitriles is 1. The Kier molecular flexibility index (Phi) is 2.51. The van der Waals surface area contributed by atoms with E-state index in [1.807, 2.05) is 6.07 Å². The van der Waals surface area contributed by atoms with Crippen molar-refractivity contribution in [3.05, 3.63) is 35.6 Å². The maximum absolute atomic E-state index is 13.8. The summed E-state index contributed by atoms with van der Waals surface area (Å²) >= 11 is 0. The molecule has 3 fully saturated rings. The van der Waals surface area contributed by atoms with Crippen LogP contribution in [0.2, 0.25) is 0 Å². The molecule has 3 saturated carbocycles. The van der Waals surface area contributed by atoms with E-state index < -0.39 is 11.7 Å². The highest BCUT2D eigenvalue weighted by atomic mass is 19.1. The number of ketones is 1. The number of hydrogen-bond acceptors (Lipinski definition) is 2. The first kappa shape index (κ1) is 12.1. The summed E-state index contributed by atoms with van der Waals surface area (Å²) in [5.74, 6) is 1.02. The smallest absolute Gasteiger partial charge is 0.158 e. The summed E-state index contributed by atoms with van der Waals surface area (Å²) in [6.07, 6.45) is 3.76. The largest absolute Gasteiger partial charge is 0.298 e. The van der Waals surface area contributed by atoms with Gasteiger partial charge in [0.1, 0.15) is 11.7 Å². The van der Waals surface area contributed by atoms with Gasteiger partial charge in [-0.25, -0.2) is 4.39 Å². The summed E-state index contributed by atoms with van der Waals surface area (Å²) in [6.45, 7) is 0. The normalized spacial score (nSPS) is 38.1. The summed E-state index contributed by atoms with van der Waals surface area (Å²) in [5.41, 5.74) is 0.248. The van der Waals surface area contributed by atoms with Gasteiger partial charge in [-0.3, -0.25) is 4.79 Å². The predicted molar refractivity (Wildman–Crippen MR) is 71.1 cm³/mol. The van der Waals surface area contributed by atoms with E-state index in [0.29, 0.717) is 23.7 Å². The molecular weight excluding hydrogens is 253 g/mol. The quantitative estimate of drug-likeness (QED) is 0.844. The Morgan fingerprint density at radius 2 is 1.90 bits per heavy atom. The second-order valence-corrected chi connectivity index (χ2v) is 6.50. The van der Waals surface area contributed by atoms with Crippen molar-refractivity contribution >= 4 is 5.78 Å². The maximum Gasteiger partial charge on any atom is 0.158 e. The molecule has 0 aliphatic heterocycles. The minimum Gasteiger partial charge on any atom is -0.298 e. The van der Waals surface area contributed by atoms with Crippen LogP contribution in [0.5, 0.6) is 0 Å². The van der Waals surface area contributed by atoms with E-state index in [1.54, 1.807) is 18.2 Å². The van der Waals surface area contributed by atoms with Crippen LogP contribution in [-0.4, -0.2) is 5.78 Å². The van der Waals surface area contributed by atoms with E-state index in [-0.39, 0.29) is 17.3 Å². The van der Waals surface area contributed by atoms with E-state index in [9.17, 15) is 14.4 Å². The summed E-state index contributed by atoms with van der Waals surface area (Å²) in [6, 6.07) is 8.19. The van der Waals surface area contributed by atoms with Crippen LogP contribution >= 0.6 is 0 Å². The van der Waals surface area contributed by atoms with Gasteiger partial charge < -0.3 is 0 Å². The highest BCUT2D eigenvalue weighted by molar-refractivity contribution is 5.93. The third-order valence-electron chi connectivity index (χ3n) is 5.69. The van der Waals surface area contributed by atoms with Gasteiger partial charge in [-0.15, -0.1) is 0 Å². The third-order valence-corrected chi connectivity index (χ3v) is 5.69. The Morgan fingerprint density at radius 1 is 1.25 bits per heavy atom. The molecule has 20 heavy (non-hydrogen) atoms. The summed E-state index contributed by atoms with van der Waals surface area (Å²) < 4.78 is 13.8. The summed E-state index contributed by atoms with van der Waals surface area (Å²) in [5, 5.41) is 9.32. The Morgan fingerprint density at radius 3 is 2.50 bits per heavy atom. The average Bonchev–Trinajstić information content (AvgIpc) is 2.89. The maximum atomic E-state index is 13.8. The monoisotopic (exact) mass is 269 g/mol. The van der Waals surface area contributed by atoms with Crippen LogP contribution in [0, 0.1) is 46.7 Å². The van der Waals surface area contributed by atoms with E-state index in [1.165, 1.54) is 25.3 Å². The number of Topliss-reactive ketones (excluding diaryl/α,β-unsaturated/α-hetero) is 1. The van der Waals surface area contributed by atoms with Crippen molar-refractivity contribution in [2.45, 2.75) is 25.2 Å². The highest BCUT2D eigenvalue weighted by Gasteiger charge is 2.67. The number of hydrogen-bond donors (Lipinski definition) is 0. The second-order valence-electron chi connectivity index (χ2n) is 6.50.